The van der Waals surface area contributed by atoms with Crippen LogP contribution in [0.2, 0.25) is 0 Å². The first kappa shape index (κ1) is 18.2. The third-order valence-corrected chi connectivity index (χ3v) is 4.52. The van der Waals surface area contributed by atoms with Crippen molar-refractivity contribution >= 4 is 6.03 Å². The molecule has 0 radical (unpaired) electrons. The highest BCUT2D eigenvalue weighted by atomic mass is 16.5. The molecule has 1 aromatic carbocycles. The molecule has 1 atom stereocenters. The van der Waals surface area contributed by atoms with E-state index < -0.39 is 0 Å². The highest BCUT2D eigenvalue weighted by Gasteiger charge is 2.23. The van der Waals surface area contributed by atoms with Gasteiger partial charge in [-0.2, -0.15) is 0 Å². The lowest BCUT2D eigenvalue weighted by atomic mass is 10.0. The molecule has 6 heteroatoms. The van der Waals surface area contributed by atoms with Gasteiger partial charge in [-0.25, -0.2) is 4.79 Å². The van der Waals surface area contributed by atoms with Crippen molar-refractivity contribution in [2.75, 3.05) is 34.4 Å². The van der Waals surface area contributed by atoms with E-state index in [1.807, 2.05) is 17.0 Å². The van der Waals surface area contributed by atoms with Crippen molar-refractivity contribution in [1.82, 2.24) is 10.2 Å². The predicted octanol–water partition coefficient (Wildman–Crippen LogP) is 2.84. The SMILES string of the molecule is COc1ccc(CCNC(=O)N2CCCC[C@@H]2C)c(OC)c1OC. The summed E-state index contributed by atoms with van der Waals surface area (Å²) in [5.41, 5.74) is 0.974. The molecule has 0 unspecified atom stereocenters. The van der Waals surface area contributed by atoms with Gasteiger partial charge < -0.3 is 24.4 Å². The van der Waals surface area contributed by atoms with E-state index in [4.69, 9.17) is 14.2 Å². The van der Waals surface area contributed by atoms with E-state index in [0.29, 0.717) is 36.3 Å². The van der Waals surface area contributed by atoms with Crippen molar-refractivity contribution in [3.63, 3.8) is 0 Å². The Morgan fingerprint density at radius 3 is 2.54 bits per heavy atom. The Hall–Kier alpha value is -2.11. The minimum absolute atomic E-state index is 0.0154. The molecule has 1 N–H and O–H groups in total. The summed E-state index contributed by atoms with van der Waals surface area (Å²) >= 11 is 0. The van der Waals surface area contributed by atoms with Crippen molar-refractivity contribution in [2.24, 2.45) is 0 Å². The molecule has 2 amide bonds. The topological polar surface area (TPSA) is 60.0 Å². The molecule has 0 spiro atoms. The van der Waals surface area contributed by atoms with Crippen LogP contribution in [-0.4, -0.2) is 51.4 Å². The van der Waals surface area contributed by atoms with Gasteiger partial charge in [0.15, 0.2) is 11.5 Å². The fourth-order valence-electron chi connectivity index (χ4n) is 3.17. The van der Waals surface area contributed by atoms with Gasteiger partial charge in [0.05, 0.1) is 21.3 Å². The zero-order valence-corrected chi connectivity index (χ0v) is 15.1. The molecular weight excluding hydrogens is 308 g/mol. The molecule has 2 rings (SSSR count). The predicted molar refractivity (Wildman–Crippen MR) is 93.2 cm³/mol. The number of urea groups is 1. The summed E-state index contributed by atoms with van der Waals surface area (Å²) in [5.74, 6) is 1.86. The van der Waals surface area contributed by atoms with Crippen LogP contribution in [0.25, 0.3) is 0 Å². The number of likely N-dealkylation sites (tertiary alicyclic amines) is 1. The molecule has 0 aromatic heterocycles. The van der Waals surface area contributed by atoms with Crippen LogP contribution in [0.15, 0.2) is 12.1 Å². The molecule has 0 bridgehead atoms. The van der Waals surface area contributed by atoms with Gasteiger partial charge in [-0.3, -0.25) is 0 Å². The lowest BCUT2D eigenvalue weighted by molar-refractivity contribution is 0.158. The van der Waals surface area contributed by atoms with Crippen LogP contribution in [0.3, 0.4) is 0 Å². The number of nitrogens with zero attached hydrogens (tertiary/aromatic N) is 1. The molecule has 1 aliphatic heterocycles. The zero-order chi connectivity index (χ0) is 17.5. The summed E-state index contributed by atoms with van der Waals surface area (Å²) < 4.78 is 16.1. The Balaban J connectivity index is 1.98. The highest BCUT2D eigenvalue weighted by Crippen LogP contribution is 2.39. The van der Waals surface area contributed by atoms with Gasteiger partial charge in [-0.1, -0.05) is 6.07 Å². The number of carbonyl (C=O) groups is 1. The highest BCUT2D eigenvalue weighted by molar-refractivity contribution is 5.74. The minimum atomic E-state index is 0.0154. The summed E-state index contributed by atoms with van der Waals surface area (Å²) in [6.07, 6.45) is 4.03. The van der Waals surface area contributed by atoms with E-state index in [2.05, 4.69) is 12.2 Å². The fourth-order valence-corrected chi connectivity index (χ4v) is 3.17. The average molecular weight is 336 g/mol. The number of methoxy groups -OCH3 is 3. The third-order valence-electron chi connectivity index (χ3n) is 4.52. The number of piperidine rings is 1. The summed E-state index contributed by atoms with van der Waals surface area (Å²) in [5, 5.41) is 3.01. The van der Waals surface area contributed by atoms with E-state index in [1.54, 1.807) is 21.3 Å². The van der Waals surface area contributed by atoms with Gasteiger partial charge in [0.25, 0.3) is 0 Å². The van der Waals surface area contributed by atoms with Crippen molar-refractivity contribution in [2.45, 2.75) is 38.6 Å². The second kappa shape index (κ2) is 8.66. The zero-order valence-electron chi connectivity index (χ0n) is 15.1. The molecule has 24 heavy (non-hydrogen) atoms. The van der Waals surface area contributed by atoms with Crippen LogP contribution in [0.4, 0.5) is 4.79 Å². The van der Waals surface area contributed by atoms with Gasteiger partial charge >= 0.3 is 6.03 Å². The van der Waals surface area contributed by atoms with E-state index in [9.17, 15) is 4.79 Å². The van der Waals surface area contributed by atoms with Crippen molar-refractivity contribution in [3.8, 4) is 17.2 Å². The van der Waals surface area contributed by atoms with Crippen LogP contribution in [0, 0.1) is 0 Å². The first-order valence-electron chi connectivity index (χ1n) is 8.44. The smallest absolute Gasteiger partial charge is 0.317 e. The Labute approximate surface area is 144 Å². The standard InChI is InChI=1S/C18H28N2O4/c1-13-7-5-6-12-20(13)18(21)19-11-10-14-8-9-15(22-2)17(24-4)16(14)23-3/h8-9,13H,5-7,10-12H2,1-4H3,(H,19,21)/t13-/m0/s1. The third kappa shape index (κ3) is 4.04. The normalized spacial score (nSPS) is 17.3. The Bertz CT molecular complexity index is 562. The van der Waals surface area contributed by atoms with E-state index in [0.717, 1.165) is 24.9 Å². The maximum absolute atomic E-state index is 12.3. The van der Waals surface area contributed by atoms with E-state index in [1.165, 1.54) is 6.42 Å². The van der Waals surface area contributed by atoms with Gasteiger partial charge in [-0.15, -0.1) is 0 Å². The first-order valence-corrected chi connectivity index (χ1v) is 8.44. The number of ether oxygens (including phenoxy) is 3. The molecule has 6 nitrogen and oxygen atoms in total. The largest absolute Gasteiger partial charge is 0.493 e. The first-order chi connectivity index (χ1) is 11.6. The number of carbonyl (C=O) groups excluding carboxylic acids is 1. The van der Waals surface area contributed by atoms with Gasteiger partial charge in [0.2, 0.25) is 5.75 Å². The monoisotopic (exact) mass is 336 g/mol. The lowest BCUT2D eigenvalue weighted by Crippen LogP contribution is -2.47. The second-order valence-electron chi connectivity index (χ2n) is 6.01. The molecule has 1 aliphatic rings. The number of amides is 2. The van der Waals surface area contributed by atoms with Gasteiger partial charge in [-0.05, 0) is 38.7 Å². The molecule has 1 saturated heterocycles. The Kier molecular flexibility index (Phi) is 6.58. The van der Waals surface area contributed by atoms with Crippen LogP contribution < -0.4 is 19.5 Å². The summed E-state index contributed by atoms with van der Waals surface area (Å²) in [6, 6.07) is 4.12. The Morgan fingerprint density at radius 1 is 1.17 bits per heavy atom. The summed E-state index contributed by atoms with van der Waals surface area (Å²) in [4.78, 5) is 14.2. The summed E-state index contributed by atoms with van der Waals surface area (Å²) in [7, 11) is 4.79. The minimum Gasteiger partial charge on any atom is -0.493 e. The molecular formula is C18H28N2O4. The number of hydrogen-bond acceptors (Lipinski definition) is 4. The van der Waals surface area contributed by atoms with Gasteiger partial charge in [0, 0.05) is 24.7 Å². The number of benzene rings is 1. The van der Waals surface area contributed by atoms with Crippen LogP contribution >= 0.6 is 0 Å². The Morgan fingerprint density at radius 2 is 1.92 bits per heavy atom. The number of rotatable bonds is 6. The van der Waals surface area contributed by atoms with E-state index >= 15 is 0 Å². The quantitative estimate of drug-likeness (QED) is 0.868. The maximum Gasteiger partial charge on any atom is 0.317 e. The molecule has 1 aromatic rings. The summed E-state index contributed by atoms with van der Waals surface area (Å²) in [6.45, 7) is 3.50. The van der Waals surface area contributed by atoms with Gasteiger partial charge in [0.1, 0.15) is 0 Å². The van der Waals surface area contributed by atoms with Crippen LogP contribution in [-0.2, 0) is 6.42 Å². The van der Waals surface area contributed by atoms with E-state index in [-0.39, 0.29) is 6.03 Å². The lowest BCUT2D eigenvalue weighted by Gasteiger charge is -2.33. The molecule has 134 valence electrons. The molecule has 1 fully saturated rings. The number of hydrogen-bond donors (Lipinski definition) is 1. The van der Waals surface area contributed by atoms with Crippen molar-refractivity contribution < 1.29 is 19.0 Å². The van der Waals surface area contributed by atoms with Crippen molar-refractivity contribution in [3.05, 3.63) is 17.7 Å². The maximum atomic E-state index is 12.3. The van der Waals surface area contributed by atoms with Crippen LogP contribution in [0.1, 0.15) is 31.7 Å². The average Bonchev–Trinajstić information content (AvgIpc) is 2.61. The molecule has 1 heterocycles. The van der Waals surface area contributed by atoms with Crippen molar-refractivity contribution in [1.29, 1.82) is 0 Å². The number of nitrogens with one attached hydrogen (secondary N) is 1. The fraction of sp³-hybridized carbons (Fsp3) is 0.611. The van der Waals surface area contributed by atoms with Crippen LogP contribution in [0.5, 0.6) is 17.2 Å². The molecule has 0 saturated carbocycles. The second-order valence-corrected chi connectivity index (χ2v) is 6.01. The molecule has 0 aliphatic carbocycles.